The Balaban J connectivity index is 0.00000190. The lowest BCUT2D eigenvalue weighted by Gasteiger charge is -2.27. The number of urea groups is 1. The van der Waals surface area contributed by atoms with Crippen LogP contribution < -0.4 is 20.9 Å². The first-order valence-electron chi connectivity index (χ1n) is 12.2. The fourth-order valence-electron chi connectivity index (χ4n) is 4.66. The number of morpholine rings is 1. The van der Waals surface area contributed by atoms with Crippen molar-refractivity contribution < 1.29 is 14.3 Å². The SMILES string of the molecule is CNC(=O)Nc1cc2n(n1)CCN2c1cc(C#CC2CCNCC2)cc(C(=O)N2CCOCC2)c1.Cl.Cl. The molecule has 3 N–H and O–H groups in total. The van der Waals surface area contributed by atoms with Crippen LogP contribution >= 0.6 is 24.8 Å². The van der Waals surface area contributed by atoms with Crippen molar-refractivity contribution in [3.8, 4) is 11.8 Å². The van der Waals surface area contributed by atoms with Crippen molar-refractivity contribution in [3.63, 3.8) is 0 Å². The maximum absolute atomic E-state index is 13.4. The van der Waals surface area contributed by atoms with Gasteiger partial charge in [-0.05, 0) is 44.1 Å². The zero-order valence-electron chi connectivity index (χ0n) is 20.8. The summed E-state index contributed by atoms with van der Waals surface area (Å²) in [6, 6.07) is 7.41. The highest BCUT2D eigenvalue weighted by atomic mass is 35.5. The van der Waals surface area contributed by atoms with E-state index in [1.54, 1.807) is 7.05 Å². The molecule has 12 heteroatoms. The second kappa shape index (κ2) is 13.0. The molecule has 0 atom stereocenters. The van der Waals surface area contributed by atoms with E-state index in [0.717, 1.165) is 49.5 Å². The molecule has 0 unspecified atom stereocenters. The predicted molar refractivity (Wildman–Crippen MR) is 147 cm³/mol. The van der Waals surface area contributed by atoms with Gasteiger partial charge in [-0.1, -0.05) is 11.8 Å². The van der Waals surface area contributed by atoms with Gasteiger partial charge in [0.2, 0.25) is 0 Å². The molecule has 2 aromatic rings. The van der Waals surface area contributed by atoms with Crippen LogP contribution in [0.5, 0.6) is 0 Å². The van der Waals surface area contributed by atoms with Crippen molar-refractivity contribution >= 4 is 54.1 Å². The summed E-state index contributed by atoms with van der Waals surface area (Å²) in [6.45, 7) is 5.67. The van der Waals surface area contributed by atoms with Crippen LogP contribution in [-0.2, 0) is 11.3 Å². The maximum Gasteiger partial charge on any atom is 0.320 e. The Hall–Kier alpha value is -2.97. The predicted octanol–water partition coefficient (Wildman–Crippen LogP) is 2.45. The molecule has 1 aromatic carbocycles. The Bertz CT molecular complexity index is 1160. The highest BCUT2D eigenvalue weighted by Crippen LogP contribution is 2.33. The molecular formula is C25H33Cl2N7O3. The lowest BCUT2D eigenvalue weighted by atomic mass is 9.98. The molecule has 10 nitrogen and oxygen atoms in total. The Kier molecular flexibility index (Phi) is 10.1. The molecule has 5 rings (SSSR count). The minimum absolute atomic E-state index is 0. The number of carbonyl (C=O) groups excluding carboxylic acids is 2. The van der Waals surface area contributed by atoms with Crippen molar-refractivity contribution in [2.75, 3.05) is 63.2 Å². The van der Waals surface area contributed by atoms with Gasteiger partial charge in [-0.3, -0.25) is 10.1 Å². The molecule has 0 radical (unpaired) electrons. The number of hydrogen-bond donors (Lipinski definition) is 3. The van der Waals surface area contributed by atoms with Gasteiger partial charge < -0.3 is 25.2 Å². The number of piperidine rings is 1. The summed E-state index contributed by atoms with van der Waals surface area (Å²) in [5, 5.41) is 13.1. The van der Waals surface area contributed by atoms with E-state index in [2.05, 4.69) is 37.8 Å². The van der Waals surface area contributed by atoms with Crippen LogP contribution in [0.15, 0.2) is 24.3 Å². The smallest absolute Gasteiger partial charge is 0.320 e. The first-order valence-corrected chi connectivity index (χ1v) is 12.2. The molecule has 0 aliphatic carbocycles. The second-order valence-electron chi connectivity index (χ2n) is 8.93. The van der Waals surface area contributed by atoms with Crippen LogP contribution in [0, 0.1) is 17.8 Å². The number of rotatable bonds is 3. The van der Waals surface area contributed by atoms with Crippen LogP contribution in [0.4, 0.5) is 22.1 Å². The Morgan fingerprint density at radius 1 is 1.05 bits per heavy atom. The summed E-state index contributed by atoms with van der Waals surface area (Å²) < 4.78 is 7.29. The fourth-order valence-corrected chi connectivity index (χ4v) is 4.66. The number of aromatic nitrogens is 2. The van der Waals surface area contributed by atoms with Gasteiger partial charge in [-0.15, -0.1) is 24.8 Å². The van der Waals surface area contributed by atoms with Crippen LogP contribution in [0.1, 0.15) is 28.8 Å². The topological polar surface area (TPSA) is 104 Å². The van der Waals surface area contributed by atoms with Crippen LogP contribution in [0.2, 0.25) is 0 Å². The van der Waals surface area contributed by atoms with Crippen molar-refractivity contribution in [2.24, 2.45) is 5.92 Å². The zero-order valence-corrected chi connectivity index (χ0v) is 22.4. The molecule has 3 aliphatic rings. The third-order valence-corrected chi connectivity index (χ3v) is 6.57. The molecule has 0 bridgehead atoms. The zero-order chi connectivity index (χ0) is 24.2. The molecule has 1 aromatic heterocycles. The van der Waals surface area contributed by atoms with E-state index in [4.69, 9.17) is 4.74 Å². The Morgan fingerprint density at radius 2 is 1.81 bits per heavy atom. The van der Waals surface area contributed by atoms with Gasteiger partial charge in [-0.2, -0.15) is 5.10 Å². The summed E-state index contributed by atoms with van der Waals surface area (Å²) in [5.41, 5.74) is 2.35. The number of hydrogen-bond acceptors (Lipinski definition) is 6. The van der Waals surface area contributed by atoms with Gasteiger partial charge in [0.25, 0.3) is 5.91 Å². The molecule has 37 heavy (non-hydrogen) atoms. The number of carbonyl (C=O) groups is 2. The number of anilines is 3. The van der Waals surface area contributed by atoms with Crippen LogP contribution in [0.25, 0.3) is 0 Å². The number of ether oxygens (including phenoxy) is 1. The van der Waals surface area contributed by atoms with Crippen LogP contribution in [-0.4, -0.2) is 79.6 Å². The highest BCUT2D eigenvalue weighted by molar-refractivity contribution is 5.96. The molecule has 0 spiro atoms. The summed E-state index contributed by atoms with van der Waals surface area (Å²) in [6.07, 6.45) is 2.08. The Morgan fingerprint density at radius 3 is 2.54 bits per heavy atom. The number of nitrogens with one attached hydrogen (secondary N) is 3. The van der Waals surface area contributed by atoms with Gasteiger partial charge in [-0.25, -0.2) is 9.48 Å². The van der Waals surface area contributed by atoms with E-state index in [1.807, 2.05) is 33.8 Å². The largest absolute Gasteiger partial charge is 0.378 e. The molecular weight excluding hydrogens is 517 g/mol. The van der Waals surface area contributed by atoms with E-state index in [0.29, 0.717) is 50.1 Å². The van der Waals surface area contributed by atoms with Gasteiger partial charge >= 0.3 is 6.03 Å². The first-order chi connectivity index (χ1) is 17.1. The number of nitrogens with zero attached hydrogens (tertiary/aromatic N) is 4. The monoisotopic (exact) mass is 549 g/mol. The molecule has 0 saturated carbocycles. The Labute approximate surface area is 229 Å². The third kappa shape index (κ3) is 6.67. The maximum atomic E-state index is 13.4. The fraction of sp³-hybridized carbons (Fsp3) is 0.480. The standard InChI is InChI=1S/C25H31N7O3.2ClH/c1-26-25(34)28-22-17-23-31(8-9-32(23)29-22)21-15-19(3-2-18-4-6-27-7-5-18)14-20(16-21)24(33)30-10-12-35-13-11-30;;/h14-18,27H,4-13H2,1H3,(H2,26,28,29,34);2*1H. The summed E-state index contributed by atoms with van der Waals surface area (Å²) in [7, 11) is 1.56. The van der Waals surface area contributed by atoms with E-state index in [9.17, 15) is 9.59 Å². The summed E-state index contributed by atoms with van der Waals surface area (Å²) in [5.74, 6) is 8.49. The lowest BCUT2D eigenvalue weighted by molar-refractivity contribution is 0.0303. The second-order valence-corrected chi connectivity index (χ2v) is 8.93. The number of halogens is 2. The minimum Gasteiger partial charge on any atom is -0.378 e. The minimum atomic E-state index is -0.318. The van der Waals surface area contributed by atoms with Crippen molar-refractivity contribution in [3.05, 3.63) is 35.4 Å². The molecule has 200 valence electrons. The first kappa shape index (κ1) is 28.6. The van der Waals surface area contributed by atoms with Crippen molar-refractivity contribution in [1.82, 2.24) is 25.3 Å². The van der Waals surface area contributed by atoms with Gasteiger partial charge in [0.15, 0.2) is 5.82 Å². The number of benzene rings is 1. The third-order valence-electron chi connectivity index (χ3n) is 6.57. The average Bonchev–Trinajstić information content (AvgIpc) is 3.48. The van der Waals surface area contributed by atoms with E-state index in [1.165, 1.54) is 0 Å². The number of fused-ring (bicyclic) bond motifs is 1. The number of amides is 3. The van der Waals surface area contributed by atoms with Crippen LogP contribution in [0.3, 0.4) is 0 Å². The van der Waals surface area contributed by atoms with Crippen molar-refractivity contribution in [1.29, 1.82) is 0 Å². The van der Waals surface area contributed by atoms with E-state index >= 15 is 0 Å². The van der Waals surface area contributed by atoms with Crippen molar-refractivity contribution in [2.45, 2.75) is 19.4 Å². The normalized spacial score (nSPS) is 17.0. The van der Waals surface area contributed by atoms with Gasteiger partial charge in [0.1, 0.15) is 5.82 Å². The molecule has 4 heterocycles. The molecule has 2 saturated heterocycles. The van der Waals surface area contributed by atoms with Gasteiger partial charge in [0, 0.05) is 55.5 Å². The van der Waals surface area contributed by atoms with E-state index < -0.39 is 0 Å². The lowest BCUT2D eigenvalue weighted by Crippen LogP contribution is -2.40. The summed E-state index contributed by atoms with van der Waals surface area (Å²) in [4.78, 5) is 29.0. The molecule has 3 aliphatic heterocycles. The quantitative estimate of drug-likeness (QED) is 0.508. The van der Waals surface area contributed by atoms with E-state index in [-0.39, 0.29) is 36.8 Å². The average molecular weight is 550 g/mol. The summed E-state index contributed by atoms with van der Waals surface area (Å²) >= 11 is 0. The van der Waals surface area contributed by atoms with Gasteiger partial charge in [0.05, 0.1) is 19.8 Å². The highest BCUT2D eigenvalue weighted by Gasteiger charge is 2.26. The molecule has 3 amide bonds. The molecule has 2 fully saturated rings.